The molecule has 154 valence electrons. The number of carbonyl (C=O) groups excluding carboxylic acids is 2. The summed E-state index contributed by atoms with van der Waals surface area (Å²) in [7, 11) is 3.57. The van der Waals surface area contributed by atoms with Crippen LogP contribution in [0, 0.1) is 11.3 Å². The predicted molar refractivity (Wildman–Crippen MR) is 113 cm³/mol. The Morgan fingerprint density at radius 2 is 1.57 bits per heavy atom. The van der Waals surface area contributed by atoms with Gasteiger partial charge in [-0.15, -0.1) is 0 Å². The van der Waals surface area contributed by atoms with Gasteiger partial charge >= 0.3 is 5.97 Å². The number of fused-ring (bicyclic) bond motifs is 1. The molecule has 0 amide bonds. The Bertz CT molecular complexity index is 1000. The van der Waals surface area contributed by atoms with Crippen LogP contribution in [0.4, 0.5) is 11.4 Å². The van der Waals surface area contributed by atoms with E-state index in [2.05, 4.69) is 0 Å². The second-order valence-corrected chi connectivity index (χ2v) is 7.11. The highest BCUT2D eigenvalue weighted by molar-refractivity contribution is 6.04. The molecule has 0 saturated heterocycles. The van der Waals surface area contributed by atoms with E-state index < -0.39 is 18.4 Å². The van der Waals surface area contributed by atoms with E-state index in [0.29, 0.717) is 17.1 Å². The van der Waals surface area contributed by atoms with Gasteiger partial charge < -0.3 is 19.3 Å². The third-order valence-corrected chi connectivity index (χ3v) is 4.65. The summed E-state index contributed by atoms with van der Waals surface area (Å²) in [5.41, 5.74) is 2.00. The first-order valence-corrected chi connectivity index (χ1v) is 9.51. The van der Waals surface area contributed by atoms with Crippen molar-refractivity contribution >= 4 is 23.1 Å². The number of Topliss-reactive ketones (excluding diaryl/α,β-unsaturated/α-hetero) is 1. The average molecular weight is 405 g/mol. The summed E-state index contributed by atoms with van der Waals surface area (Å²) < 4.78 is 10.7. The number of anilines is 2. The largest absolute Gasteiger partial charge is 0.491 e. The summed E-state index contributed by atoms with van der Waals surface area (Å²) in [4.78, 5) is 28.5. The maximum absolute atomic E-state index is 12.7. The maximum atomic E-state index is 12.7. The van der Waals surface area contributed by atoms with Crippen molar-refractivity contribution in [3.8, 4) is 11.8 Å². The molecular formula is C23H23N3O4. The normalized spacial score (nSPS) is 12.5. The van der Waals surface area contributed by atoms with Crippen molar-refractivity contribution in [2.24, 2.45) is 0 Å². The fraction of sp³-hybridized carbons (Fsp3) is 0.261. The number of para-hydroxylation sites is 2. The van der Waals surface area contributed by atoms with E-state index in [1.807, 2.05) is 44.2 Å². The number of rotatable bonds is 6. The zero-order chi connectivity index (χ0) is 21.8. The molecule has 0 unspecified atom stereocenters. The van der Waals surface area contributed by atoms with Crippen LogP contribution in [0.3, 0.4) is 0 Å². The van der Waals surface area contributed by atoms with E-state index in [9.17, 15) is 14.9 Å². The van der Waals surface area contributed by atoms with Crippen LogP contribution in [0.2, 0.25) is 0 Å². The highest BCUT2D eigenvalue weighted by Gasteiger charge is 2.31. The molecule has 1 aliphatic heterocycles. The number of hydrogen-bond acceptors (Lipinski definition) is 7. The highest BCUT2D eigenvalue weighted by atomic mass is 16.5. The third-order valence-electron chi connectivity index (χ3n) is 4.65. The van der Waals surface area contributed by atoms with E-state index in [1.165, 1.54) is 0 Å². The zero-order valence-corrected chi connectivity index (χ0v) is 17.4. The predicted octanol–water partition coefficient (Wildman–Crippen LogP) is 3.52. The van der Waals surface area contributed by atoms with Crippen LogP contribution in [0.1, 0.15) is 24.2 Å². The van der Waals surface area contributed by atoms with Gasteiger partial charge in [-0.1, -0.05) is 12.1 Å². The van der Waals surface area contributed by atoms with Crippen LogP contribution in [0.5, 0.6) is 5.75 Å². The van der Waals surface area contributed by atoms with Crippen LogP contribution >= 0.6 is 0 Å². The molecule has 0 radical (unpaired) electrons. The Morgan fingerprint density at radius 1 is 1.00 bits per heavy atom. The van der Waals surface area contributed by atoms with Gasteiger partial charge in [0.2, 0.25) is 5.78 Å². The molecule has 0 saturated carbocycles. The van der Waals surface area contributed by atoms with Gasteiger partial charge in [-0.2, -0.15) is 5.26 Å². The maximum Gasteiger partial charge on any atom is 0.338 e. The molecule has 0 bridgehead atoms. The fourth-order valence-electron chi connectivity index (χ4n) is 3.29. The summed E-state index contributed by atoms with van der Waals surface area (Å²) in [6.07, 6.45) is 0.0239. The molecule has 0 aromatic heterocycles. The number of ketones is 1. The minimum atomic E-state index is -0.641. The number of nitriles is 1. The molecule has 0 atom stereocenters. The molecule has 2 aromatic carbocycles. The standard InChI is InChI=1S/C23H23N3O4/c1-15(2)30-17-11-9-16(10-12-17)23(28)29-14-21(27)18(13-24)22-25(3)19-7-5-6-8-20(19)26(22)4/h5-12,15H,14H2,1-4H3. The van der Waals surface area contributed by atoms with Crippen LogP contribution in [0.25, 0.3) is 0 Å². The van der Waals surface area contributed by atoms with Crippen LogP contribution < -0.4 is 14.5 Å². The van der Waals surface area contributed by atoms with Crippen molar-refractivity contribution in [1.29, 1.82) is 5.26 Å². The minimum Gasteiger partial charge on any atom is -0.491 e. The van der Waals surface area contributed by atoms with E-state index >= 15 is 0 Å². The smallest absolute Gasteiger partial charge is 0.338 e. The second kappa shape index (κ2) is 8.70. The zero-order valence-electron chi connectivity index (χ0n) is 17.4. The summed E-state index contributed by atoms with van der Waals surface area (Å²) >= 11 is 0. The highest BCUT2D eigenvalue weighted by Crippen LogP contribution is 2.40. The number of ether oxygens (including phenoxy) is 2. The quantitative estimate of drug-likeness (QED) is 0.413. The topological polar surface area (TPSA) is 82.9 Å². The van der Waals surface area contributed by atoms with Gasteiger partial charge in [-0.25, -0.2) is 4.79 Å². The molecule has 7 heteroatoms. The molecule has 1 aliphatic rings. The van der Waals surface area contributed by atoms with Crippen LogP contribution in [-0.4, -0.2) is 38.6 Å². The monoisotopic (exact) mass is 405 g/mol. The number of carbonyl (C=O) groups is 2. The molecule has 0 N–H and O–H groups in total. The Morgan fingerprint density at radius 3 is 2.07 bits per heavy atom. The molecular weight excluding hydrogens is 382 g/mol. The number of esters is 1. The van der Waals surface area contributed by atoms with E-state index in [4.69, 9.17) is 9.47 Å². The summed E-state index contributed by atoms with van der Waals surface area (Å²) in [5, 5.41) is 9.62. The Kier molecular flexibility index (Phi) is 6.07. The lowest BCUT2D eigenvalue weighted by molar-refractivity contribution is -0.118. The number of benzene rings is 2. The fourth-order valence-corrected chi connectivity index (χ4v) is 3.29. The number of hydrogen-bond donors (Lipinski definition) is 0. The van der Waals surface area contributed by atoms with Crippen LogP contribution in [-0.2, 0) is 9.53 Å². The van der Waals surface area contributed by atoms with Crippen molar-refractivity contribution in [3.05, 3.63) is 65.5 Å². The average Bonchev–Trinajstić information content (AvgIpc) is 2.98. The lowest BCUT2D eigenvalue weighted by atomic mass is 10.2. The van der Waals surface area contributed by atoms with E-state index in [1.54, 1.807) is 48.2 Å². The summed E-state index contributed by atoms with van der Waals surface area (Å²) in [6, 6.07) is 16.0. The van der Waals surface area contributed by atoms with Gasteiger partial charge in [0.05, 0.1) is 23.0 Å². The summed E-state index contributed by atoms with van der Waals surface area (Å²) in [5.74, 6) is -0.110. The summed E-state index contributed by atoms with van der Waals surface area (Å²) in [6.45, 7) is 3.30. The van der Waals surface area contributed by atoms with E-state index in [-0.39, 0.29) is 11.7 Å². The minimum absolute atomic E-state index is 0.0239. The molecule has 0 fully saturated rings. The molecule has 30 heavy (non-hydrogen) atoms. The molecule has 3 rings (SSSR count). The van der Waals surface area contributed by atoms with Gasteiger partial charge in [0, 0.05) is 14.1 Å². The van der Waals surface area contributed by atoms with Gasteiger partial charge in [0.25, 0.3) is 0 Å². The van der Waals surface area contributed by atoms with Gasteiger partial charge in [0.1, 0.15) is 23.2 Å². The molecule has 0 spiro atoms. The first-order valence-electron chi connectivity index (χ1n) is 9.51. The second-order valence-electron chi connectivity index (χ2n) is 7.11. The van der Waals surface area contributed by atoms with Gasteiger partial charge in [0.15, 0.2) is 6.61 Å². The van der Waals surface area contributed by atoms with E-state index in [0.717, 1.165) is 11.4 Å². The first kappa shape index (κ1) is 20.9. The SMILES string of the molecule is CC(C)Oc1ccc(C(=O)OCC(=O)C(C#N)=C2N(C)c3ccccc3N2C)cc1. The number of nitrogens with zero attached hydrogens (tertiary/aromatic N) is 3. The molecule has 1 heterocycles. The molecule has 0 aliphatic carbocycles. The Balaban J connectivity index is 1.71. The van der Waals surface area contributed by atoms with Gasteiger partial charge in [-0.3, -0.25) is 4.79 Å². The molecule has 2 aromatic rings. The Labute approximate surface area is 175 Å². The lowest BCUT2D eigenvalue weighted by Crippen LogP contribution is -2.27. The van der Waals surface area contributed by atoms with Gasteiger partial charge in [-0.05, 0) is 50.2 Å². The van der Waals surface area contributed by atoms with Crippen molar-refractivity contribution in [2.75, 3.05) is 30.5 Å². The molecule has 7 nitrogen and oxygen atoms in total. The lowest BCUT2D eigenvalue weighted by Gasteiger charge is -2.19. The van der Waals surface area contributed by atoms with Crippen molar-refractivity contribution in [1.82, 2.24) is 0 Å². The van der Waals surface area contributed by atoms with Crippen molar-refractivity contribution in [3.63, 3.8) is 0 Å². The van der Waals surface area contributed by atoms with Crippen molar-refractivity contribution in [2.45, 2.75) is 20.0 Å². The van der Waals surface area contributed by atoms with Crippen LogP contribution in [0.15, 0.2) is 59.9 Å². The Hall–Kier alpha value is -3.79. The first-order chi connectivity index (χ1) is 14.3. The van der Waals surface area contributed by atoms with Crippen molar-refractivity contribution < 1.29 is 19.1 Å². The third kappa shape index (κ3) is 4.13.